The van der Waals surface area contributed by atoms with Crippen molar-refractivity contribution in [3.05, 3.63) is 42.0 Å². The van der Waals surface area contributed by atoms with Crippen LogP contribution in [0.5, 0.6) is 0 Å². The van der Waals surface area contributed by atoms with E-state index in [4.69, 9.17) is 9.26 Å². The summed E-state index contributed by atoms with van der Waals surface area (Å²) in [6, 6.07) is 6.81. The Bertz CT molecular complexity index is 552. The van der Waals surface area contributed by atoms with Gasteiger partial charge in [0, 0.05) is 17.9 Å². The van der Waals surface area contributed by atoms with Gasteiger partial charge in [-0.1, -0.05) is 25.1 Å². The van der Waals surface area contributed by atoms with E-state index in [1.807, 2.05) is 0 Å². The molecule has 0 saturated carbocycles. The SMILES string of the molecule is C=C(OP1(=O)CCCCC1)c1ccc(C(=O)OCC)cc1. The van der Waals surface area contributed by atoms with E-state index in [2.05, 4.69) is 6.58 Å². The van der Waals surface area contributed by atoms with Crippen LogP contribution in [-0.2, 0) is 13.8 Å². The van der Waals surface area contributed by atoms with Crippen molar-refractivity contribution >= 4 is 19.1 Å². The van der Waals surface area contributed by atoms with E-state index in [0.29, 0.717) is 30.3 Å². The molecule has 1 aliphatic rings. The molecule has 1 fully saturated rings. The first-order valence-electron chi connectivity index (χ1n) is 7.28. The molecule has 1 aliphatic heterocycles. The summed E-state index contributed by atoms with van der Waals surface area (Å²) in [6.45, 7) is 5.98. The van der Waals surface area contributed by atoms with E-state index >= 15 is 0 Å². The van der Waals surface area contributed by atoms with Crippen LogP contribution in [0.2, 0.25) is 0 Å². The minimum absolute atomic E-state index is 0.347. The third-order valence-corrected chi connectivity index (χ3v) is 6.04. The molecular formula is C16H21O4P. The summed E-state index contributed by atoms with van der Waals surface area (Å²) in [6.07, 6.45) is 4.28. The van der Waals surface area contributed by atoms with Crippen molar-refractivity contribution in [1.82, 2.24) is 0 Å². The largest absolute Gasteiger partial charge is 0.462 e. The highest BCUT2D eigenvalue weighted by molar-refractivity contribution is 7.59. The maximum absolute atomic E-state index is 12.5. The zero-order valence-corrected chi connectivity index (χ0v) is 13.2. The zero-order valence-electron chi connectivity index (χ0n) is 12.3. The molecule has 0 unspecified atom stereocenters. The molecule has 0 atom stereocenters. The topological polar surface area (TPSA) is 52.6 Å². The molecule has 0 N–H and O–H groups in total. The van der Waals surface area contributed by atoms with Gasteiger partial charge in [0.2, 0.25) is 7.37 Å². The number of rotatable bonds is 5. The molecule has 4 nitrogen and oxygen atoms in total. The lowest BCUT2D eigenvalue weighted by Crippen LogP contribution is -2.06. The van der Waals surface area contributed by atoms with Gasteiger partial charge in [0.25, 0.3) is 0 Å². The molecule has 1 saturated heterocycles. The van der Waals surface area contributed by atoms with Crippen molar-refractivity contribution in [2.45, 2.75) is 26.2 Å². The van der Waals surface area contributed by atoms with Crippen LogP contribution in [0.4, 0.5) is 0 Å². The Morgan fingerprint density at radius 1 is 1.14 bits per heavy atom. The van der Waals surface area contributed by atoms with Gasteiger partial charge in [-0.3, -0.25) is 4.57 Å². The average Bonchev–Trinajstić information content (AvgIpc) is 2.48. The maximum Gasteiger partial charge on any atom is 0.338 e. The van der Waals surface area contributed by atoms with Crippen molar-refractivity contribution in [3.63, 3.8) is 0 Å². The van der Waals surface area contributed by atoms with Gasteiger partial charge in [-0.25, -0.2) is 4.79 Å². The lowest BCUT2D eigenvalue weighted by Gasteiger charge is -2.24. The third-order valence-electron chi connectivity index (χ3n) is 3.49. The highest BCUT2D eigenvalue weighted by Gasteiger charge is 2.27. The standard InChI is InChI=1S/C16H21O4P/c1-3-19-16(17)15-9-7-14(8-10-15)13(2)20-21(18)11-5-4-6-12-21/h7-10H,2-6,11-12H2,1H3. The quantitative estimate of drug-likeness (QED) is 0.462. The second kappa shape index (κ2) is 6.95. The van der Waals surface area contributed by atoms with Crippen LogP contribution in [0.25, 0.3) is 5.76 Å². The van der Waals surface area contributed by atoms with Crippen LogP contribution in [0.15, 0.2) is 30.8 Å². The van der Waals surface area contributed by atoms with Crippen molar-refractivity contribution in [3.8, 4) is 0 Å². The fourth-order valence-corrected chi connectivity index (χ4v) is 4.67. The molecule has 1 aromatic rings. The molecule has 5 heteroatoms. The summed E-state index contributed by atoms with van der Waals surface area (Å²) >= 11 is 0. The third kappa shape index (κ3) is 4.21. The number of hydrogen-bond acceptors (Lipinski definition) is 4. The number of carbonyl (C=O) groups excluding carboxylic acids is 1. The number of ether oxygens (including phenoxy) is 1. The Hall–Kier alpha value is -1.54. The summed E-state index contributed by atoms with van der Waals surface area (Å²) in [4.78, 5) is 11.6. The van der Waals surface area contributed by atoms with Gasteiger partial charge in [0.15, 0.2) is 0 Å². The van der Waals surface area contributed by atoms with Crippen molar-refractivity contribution in [1.29, 1.82) is 0 Å². The molecule has 0 aromatic heterocycles. The molecule has 0 radical (unpaired) electrons. The lowest BCUT2D eigenvalue weighted by molar-refractivity contribution is 0.0526. The first-order valence-corrected chi connectivity index (χ1v) is 9.28. The zero-order chi connectivity index (χ0) is 15.3. The van der Waals surface area contributed by atoms with Crippen LogP contribution in [0.3, 0.4) is 0 Å². The van der Waals surface area contributed by atoms with Crippen LogP contribution in [0.1, 0.15) is 42.1 Å². The van der Waals surface area contributed by atoms with E-state index in [1.54, 1.807) is 31.2 Å². The van der Waals surface area contributed by atoms with Gasteiger partial charge in [0.05, 0.1) is 12.2 Å². The van der Waals surface area contributed by atoms with Crippen molar-refractivity contribution in [2.75, 3.05) is 18.9 Å². The second-order valence-electron chi connectivity index (χ2n) is 5.13. The normalized spacial score (nSPS) is 17.0. The van der Waals surface area contributed by atoms with Gasteiger partial charge in [0.1, 0.15) is 5.76 Å². The van der Waals surface area contributed by atoms with E-state index < -0.39 is 7.37 Å². The summed E-state index contributed by atoms with van der Waals surface area (Å²) in [5.74, 6) is 0.0614. The van der Waals surface area contributed by atoms with Gasteiger partial charge in [-0.15, -0.1) is 0 Å². The van der Waals surface area contributed by atoms with Gasteiger partial charge in [-0.05, 0) is 31.9 Å². The minimum Gasteiger partial charge on any atom is -0.462 e. The number of carbonyl (C=O) groups is 1. The molecule has 21 heavy (non-hydrogen) atoms. The van der Waals surface area contributed by atoms with Crippen molar-refractivity contribution in [2.24, 2.45) is 0 Å². The Kier molecular flexibility index (Phi) is 5.24. The average molecular weight is 308 g/mol. The highest BCUT2D eigenvalue weighted by Crippen LogP contribution is 2.54. The molecule has 0 amide bonds. The van der Waals surface area contributed by atoms with E-state index in [-0.39, 0.29) is 5.97 Å². The van der Waals surface area contributed by atoms with Gasteiger partial charge in [-0.2, -0.15) is 0 Å². The molecular weight excluding hydrogens is 287 g/mol. The summed E-state index contributed by atoms with van der Waals surface area (Å²) in [5.41, 5.74) is 1.22. The maximum atomic E-state index is 12.5. The number of esters is 1. The molecule has 0 aliphatic carbocycles. The Balaban J connectivity index is 2.03. The predicted molar refractivity (Wildman–Crippen MR) is 83.7 cm³/mol. The first-order chi connectivity index (χ1) is 10.0. The van der Waals surface area contributed by atoms with Crippen LogP contribution < -0.4 is 0 Å². The molecule has 1 heterocycles. The van der Waals surface area contributed by atoms with E-state index in [0.717, 1.165) is 24.8 Å². The Labute approximate surface area is 125 Å². The molecule has 114 valence electrons. The Morgan fingerprint density at radius 2 is 1.71 bits per heavy atom. The second-order valence-corrected chi connectivity index (χ2v) is 7.84. The summed E-state index contributed by atoms with van der Waals surface area (Å²) in [7, 11) is -2.57. The molecule has 0 spiro atoms. The molecule has 2 rings (SSSR count). The first kappa shape index (κ1) is 15.8. The van der Waals surface area contributed by atoms with Crippen molar-refractivity contribution < 1.29 is 18.6 Å². The van der Waals surface area contributed by atoms with Gasteiger partial charge >= 0.3 is 5.97 Å². The fourth-order valence-electron chi connectivity index (χ4n) is 2.35. The van der Waals surface area contributed by atoms with Crippen LogP contribution in [0, 0.1) is 0 Å². The monoisotopic (exact) mass is 308 g/mol. The fraction of sp³-hybridized carbons (Fsp3) is 0.438. The Morgan fingerprint density at radius 3 is 2.29 bits per heavy atom. The molecule has 0 bridgehead atoms. The number of benzene rings is 1. The minimum atomic E-state index is -2.57. The lowest BCUT2D eigenvalue weighted by atomic mass is 10.1. The van der Waals surface area contributed by atoms with E-state index in [9.17, 15) is 9.36 Å². The van der Waals surface area contributed by atoms with Crippen LogP contribution >= 0.6 is 7.37 Å². The highest BCUT2D eigenvalue weighted by atomic mass is 31.2. The smallest absolute Gasteiger partial charge is 0.338 e. The summed E-state index contributed by atoms with van der Waals surface area (Å²) in [5, 5.41) is 0. The van der Waals surface area contributed by atoms with Crippen LogP contribution in [-0.4, -0.2) is 24.9 Å². The summed E-state index contributed by atoms with van der Waals surface area (Å²) < 4.78 is 23.1. The van der Waals surface area contributed by atoms with Gasteiger partial charge < -0.3 is 9.26 Å². The van der Waals surface area contributed by atoms with E-state index in [1.165, 1.54) is 0 Å². The number of hydrogen-bond donors (Lipinski definition) is 0. The molecule has 1 aromatic carbocycles. The predicted octanol–water partition coefficient (Wildman–Crippen LogP) is 4.31.